The predicted molar refractivity (Wildman–Crippen MR) is 115 cm³/mol. The van der Waals surface area contributed by atoms with Gasteiger partial charge in [0.1, 0.15) is 11.6 Å². The molecule has 0 amide bonds. The summed E-state index contributed by atoms with van der Waals surface area (Å²) in [5, 5.41) is 0.252. The summed E-state index contributed by atoms with van der Waals surface area (Å²) >= 11 is 6.43. The molecule has 0 saturated heterocycles. The summed E-state index contributed by atoms with van der Waals surface area (Å²) in [6, 6.07) is 2.62. The highest BCUT2D eigenvalue weighted by Crippen LogP contribution is 2.60. The lowest BCUT2D eigenvalue weighted by Gasteiger charge is -2.56. The van der Waals surface area contributed by atoms with Crippen LogP contribution in [0.5, 0.6) is 5.75 Å². The van der Waals surface area contributed by atoms with Gasteiger partial charge in [0.2, 0.25) is 0 Å². The van der Waals surface area contributed by atoms with Crippen molar-refractivity contribution in [3.05, 3.63) is 28.5 Å². The Kier molecular flexibility index (Phi) is 5.52. The number of halogens is 2. The second kappa shape index (κ2) is 8.06. The van der Waals surface area contributed by atoms with Gasteiger partial charge < -0.3 is 9.47 Å². The molecule has 4 bridgehead atoms. The Morgan fingerprint density at radius 1 is 1.06 bits per heavy atom. The minimum Gasteiger partial charge on any atom is -0.491 e. The van der Waals surface area contributed by atoms with Crippen LogP contribution in [-0.4, -0.2) is 25.5 Å². The SMILES string of the molecule is COC(=O)[C@@H]1CCC[C@@H]1C(=O)c1cc(Cl)c(OCC23CC4CC(CC(C4)C2)C3)cc1F. The second-order valence-electron chi connectivity index (χ2n) is 10.5. The van der Waals surface area contributed by atoms with Gasteiger partial charge >= 0.3 is 5.97 Å². The van der Waals surface area contributed by atoms with Gasteiger partial charge in [-0.1, -0.05) is 18.0 Å². The average molecular weight is 449 g/mol. The van der Waals surface area contributed by atoms with Crippen LogP contribution in [0.15, 0.2) is 12.1 Å². The van der Waals surface area contributed by atoms with E-state index in [0.29, 0.717) is 25.2 Å². The van der Waals surface area contributed by atoms with Gasteiger partial charge in [-0.05, 0) is 75.2 Å². The zero-order valence-electron chi connectivity index (χ0n) is 18.0. The maximum Gasteiger partial charge on any atom is 0.309 e. The molecular weight excluding hydrogens is 419 g/mol. The minimum atomic E-state index is -0.634. The van der Waals surface area contributed by atoms with Crippen LogP contribution in [0.3, 0.4) is 0 Å². The van der Waals surface area contributed by atoms with Crippen molar-refractivity contribution >= 4 is 23.4 Å². The van der Waals surface area contributed by atoms with Crippen molar-refractivity contribution in [2.24, 2.45) is 35.0 Å². The van der Waals surface area contributed by atoms with Gasteiger partial charge in [-0.2, -0.15) is 0 Å². The highest BCUT2D eigenvalue weighted by Gasteiger charge is 2.51. The first-order valence-electron chi connectivity index (χ1n) is 11.6. The molecule has 5 aliphatic rings. The molecule has 0 heterocycles. The van der Waals surface area contributed by atoms with Gasteiger partial charge in [0.25, 0.3) is 0 Å². The summed E-state index contributed by atoms with van der Waals surface area (Å²) in [6.45, 7) is 0.565. The van der Waals surface area contributed by atoms with Crippen LogP contribution in [0.25, 0.3) is 0 Å². The second-order valence-corrected chi connectivity index (χ2v) is 10.9. The van der Waals surface area contributed by atoms with Crippen LogP contribution < -0.4 is 4.74 Å². The van der Waals surface area contributed by atoms with Crippen molar-refractivity contribution in [3.63, 3.8) is 0 Å². The highest BCUT2D eigenvalue weighted by atomic mass is 35.5. The van der Waals surface area contributed by atoms with Crippen LogP contribution in [0.4, 0.5) is 4.39 Å². The summed E-state index contributed by atoms with van der Waals surface area (Å²) in [6.07, 6.45) is 9.57. The molecule has 168 valence electrons. The third-order valence-corrected chi connectivity index (χ3v) is 8.64. The van der Waals surface area contributed by atoms with Crippen LogP contribution in [0.1, 0.15) is 68.1 Å². The molecule has 0 radical (unpaired) electrons. The number of hydrogen-bond donors (Lipinski definition) is 0. The Morgan fingerprint density at radius 3 is 2.29 bits per heavy atom. The van der Waals surface area contributed by atoms with Gasteiger partial charge in [0.15, 0.2) is 5.78 Å². The standard InChI is InChI=1S/C25H30ClFO4/c1-30-24(29)18-4-2-3-17(18)23(28)19-8-20(26)22(9-21(19)27)31-13-25-10-14-5-15(11-25)7-16(6-14)12-25/h8-9,14-18H,2-7,10-13H2,1H3/t14?,15?,16?,17-,18+,25?/m0/s1. The Balaban J connectivity index is 1.31. The molecule has 0 N–H and O–H groups in total. The van der Waals surface area contributed by atoms with Gasteiger partial charge in [-0.15, -0.1) is 0 Å². The molecule has 6 heteroatoms. The monoisotopic (exact) mass is 448 g/mol. The molecule has 5 fully saturated rings. The number of methoxy groups -OCH3 is 1. The topological polar surface area (TPSA) is 52.6 Å². The van der Waals surface area contributed by atoms with E-state index >= 15 is 0 Å². The Labute approximate surface area is 187 Å². The molecular formula is C25H30ClFO4. The molecule has 5 saturated carbocycles. The first-order valence-corrected chi connectivity index (χ1v) is 12.0. The molecule has 5 aliphatic carbocycles. The van der Waals surface area contributed by atoms with Crippen LogP contribution in [0.2, 0.25) is 5.02 Å². The number of carbonyl (C=O) groups excluding carboxylic acids is 2. The molecule has 4 nitrogen and oxygen atoms in total. The van der Waals surface area contributed by atoms with Gasteiger partial charge in [0.05, 0.1) is 30.2 Å². The van der Waals surface area contributed by atoms with Crippen molar-refractivity contribution in [1.82, 2.24) is 0 Å². The minimum absolute atomic E-state index is 0.0621. The molecule has 31 heavy (non-hydrogen) atoms. The third kappa shape index (κ3) is 3.88. The molecule has 0 spiro atoms. The largest absolute Gasteiger partial charge is 0.491 e. The first-order chi connectivity index (χ1) is 14.9. The number of carbonyl (C=O) groups is 2. The lowest BCUT2D eigenvalue weighted by Crippen LogP contribution is -2.48. The number of benzene rings is 1. The summed E-state index contributed by atoms with van der Waals surface area (Å²) in [7, 11) is 1.32. The molecule has 0 unspecified atom stereocenters. The zero-order chi connectivity index (χ0) is 21.8. The van der Waals surface area contributed by atoms with E-state index in [-0.39, 0.29) is 21.8 Å². The Hall–Kier alpha value is -1.62. The Bertz CT molecular complexity index is 862. The number of ether oxygens (including phenoxy) is 2. The van der Waals surface area contributed by atoms with Crippen LogP contribution in [0, 0.1) is 40.8 Å². The maximum atomic E-state index is 15.0. The van der Waals surface area contributed by atoms with E-state index in [0.717, 1.165) is 24.2 Å². The fraction of sp³-hybridized carbons (Fsp3) is 0.680. The normalized spacial score (nSPS) is 35.9. The summed E-state index contributed by atoms with van der Waals surface area (Å²) < 4.78 is 25.9. The number of ketones is 1. The van der Waals surface area contributed by atoms with Crippen LogP contribution >= 0.6 is 11.6 Å². The van der Waals surface area contributed by atoms with Crippen molar-refractivity contribution in [3.8, 4) is 5.75 Å². The summed E-state index contributed by atoms with van der Waals surface area (Å²) in [5.41, 5.74) is 0.133. The van der Waals surface area contributed by atoms with Crippen molar-refractivity contribution < 1.29 is 23.5 Å². The Morgan fingerprint density at radius 2 is 1.68 bits per heavy atom. The van der Waals surface area contributed by atoms with E-state index in [1.807, 2.05) is 0 Å². The van der Waals surface area contributed by atoms with Gasteiger partial charge in [0, 0.05) is 17.4 Å². The van der Waals surface area contributed by atoms with Gasteiger partial charge in [-0.25, -0.2) is 4.39 Å². The smallest absolute Gasteiger partial charge is 0.309 e. The van der Waals surface area contributed by atoms with E-state index in [2.05, 4.69) is 0 Å². The van der Waals surface area contributed by atoms with E-state index < -0.39 is 23.6 Å². The van der Waals surface area contributed by atoms with Crippen molar-refractivity contribution in [2.75, 3.05) is 13.7 Å². The highest BCUT2D eigenvalue weighted by molar-refractivity contribution is 6.32. The number of hydrogen-bond acceptors (Lipinski definition) is 4. The first kappa shape index (κ1) is 21.2. The average Bonchev–Trinajstić information content (AvgIpc) is 3.22. The van der Waals surface area contributed by atoms with Crippen molar-refractivity contribution in [2.45, 2.75) is 57.8 Å². The fourth-order valence-corrected chi connectivity index (χ4v) is 7.65. The quantitative estimate of drug-likeness (QED) is 0.405. The van der Waals surface area contributed by atoms with E-state index in [4.69, 9.17) is 21.1 Å². The molecule has 2 atom stereocenters. The number of Topliss-reactive ketones (excluding diaryl/α,β-unsaturated/α-hetero) is 1. The van der Waals surface area contributed by atoms with Gasteiger partial charge in [-0.3, -0.25) is 9.59 Å². The van der Waals surface area contributed by atoms with E-state index in [9.17, 15) is 14.0 Å². The lowest BCUT2D eigenvalue weighted by atomic mass is 9.50. The number of esters is 1. The third-order valence-electron chi connectivity index (χ3n) is 8.34. The predicted octanol–water partition coefficient (Wildman–Crippen LogP) is 5.85. The van der Waals surface area contributed by atoms with Crippen molar-refractivity contribution in [1.29, 1.82) is 0 Å². The molecule has 1 aromatic rings. The fourth-order valence-electron chi connectivity index (χ4n) is 7.43. The maximum absolute atomic E-state index is 15.0. The van der Waals surface area contributed by atoms with Crippen LogP contribution in [-0.2, 0) is 9.53 Å². The van der Waals surface area contributed by atoms with E-state index in [1.165, 1.54) is 57.8 Å². The molecule has 1 aromatic carbocycles. The lowest BCUT2D eigenvalue weighted by molar-refractivity contribution is -0.146. The molecule has 6 rings (SSSR count). The van der Waals surface area contributed by atoms with E-state index in [1.54, 1.807) is 0 Å². The zero-order valence-corrected chi connectivity index (χ0v) is 18.8. The summed E-state index contributed by atoms with van der Waals surface area (Å²) in [5.74, 6) is 0.272. The number of rotatable bonds is 6. The molecule has 0 aliphatic heterocycles. The summed E-state index contributed by atoms with van der Waals surface area (Å²) in [4.78, 5) is 25.0. The molecule has 0 aromatic heterocycles.